The van der Waals surface area contributed by atoms with E-state index in [0.29, 0.717) is 0 Å². The van der Waals surface area contributed by atoms with Gasteiger partial charge in [-0.2, -0.15) is 0 Å². The van der Waals surface area contributed by atoms with Crippen molar-refractivity contribution in [2.24, 2.45) is 5.92 Å². The molecular formula is C8H11BrS2. The van der Waals surface area contributed by atoms with Crippen LogP contribution in [0.1, 0.15) is 6.92 Å². The van der Waals surface area contributed by atoms with Gasteiger partial charge in [-0.15, -0.1) is 23.1 Å². The van der Waals surface area contributed by atoms with E-state index in [1.807, 2.05) is 23.1 Å². The highest BCUT2D eigenvalue weighted by atomic mass is 79.9. The van der Waals surface area contributed by atoms with Crippen molar-refractivity contribution in [1.82, 2.24) is 0 Å². The lowest BCUT2D eigenvalue weighted by Crippen LogP contribution is -1.97. The van der Waals surface area contributed by atoms with E-state index >= 15 is 0 Å². The van der Waals surface area contributed by atoms with Crippen molar-refractivity contribution in [3.8, 4) is 0 Å². The van der Waals surface area contributed by atoms with Crippen LogP contribution in [0.5, 0.6) is 0 Å². The Morgan fingerprint density at radius 3 is 3.09 bits per heavy atom. The number of halogens is 1. The molecule has 0 nitrogen and oxygen atoms in total. The maximum atomic E-state index is 3.47. The van der Waals surface area contributed by atoms with Gasteiger partial charge in [0, 0.05) is 11.1 Å². The molecule has 1 atom stereocenters. The second-order valence-electron chi connectivity index (χ2n) is 2.50. The molecule has 0 aromatic carbocycles. The van der Waals surface area contributed by atoms with Gasteiger partial charge in [0.1, 0.15) is 0 Å². The zero-order valence-electron chi connectivity index (χ0n) is 6.42. The zero-order valence-corrected chi connectivity index (χ0v) is 9.64. The molecule has 0 aliphatic rings. The van der Waals surface area contributed by atoms with Crippen LogP contribution >= 0.6 is 39.0 Å². The van der Waals surface area contributed by atoms with Crippen molar-refractivity contribution in [2.45, 2.75) is 11.1 Å². The smallest absolute Gasteiger partial charge is 0.0598 e. The molecule has 1 unspecified atom stereocenters. The Kier molecular flexibility index (Phi) is 4.57. The molecule has 0 N–H and O–H groups in total. The van der Waals surface area contributed by atoms with Gasteiger partial charge < -0.3 is 0 Å². The zero-order chi connectivity index (χ0) is 8.10. The van der Waals surface area contributed by atoms with Gasteiger partial charge in [-0.25, -0.2) is 0 Å². The highest BCUT2D eigenvalue weighted by Crippen LogP contribution is 2.25. The number of hydrogen-bond acceptors (Lipinski definition) is 2. The molecule has 62 valence electrons. The van der Waals surface area contributed by atoms with Gasteiger partial charge in [0.05, 0.1) is 4.21 Å². The maximum Gasteiger partial charge on any atom is 0.0598 e. The summed E-state index contributed by atoms with van der Waals surface area (Å²) < 4.78 is 1.43. The molecule has 0 radical (unpaired) electrons. The fourth-order valence-corrected chi connectivity index (χ4v) is 2.98. The number of alkyl halides is 1. The molecule has 0 saturated heterocycles. The molecule has 1 aromatic heterocycles. The summed E-state index contributed by atoms with van der Waals surface area (Å²) in [5.74, 6) is 1.98. The van der Waals surface area contributed by atoms with Crippen molar-refractivity contribution in [1.29, 1.82) is 0 Å². The number of hydrogen-bond donors (Lipinski definition) is 0. The Hall–Kier alpha value is 0.530. The Bertz CT molecular complexity index is 184. The van der Waals surface area contributed by atoms with Crippen LogP contribution in [-0.2, 0) is 0 Å². The van der Waals surface area contributed by atoms with Gasteiger partial charge in [0.15, 0.2) is 0 Å². The minimum absolute atomic E-state index is 0.766. The van der Waals surface area contributed by atoms with E-state index in [2.05, 4.69) is 40.4 Å². The lowest BCUT2D eigenvalue weighted by molar-refractivity contribution is 0.771. The third-order valence-corrected chi connectivity index (χ3v) is 4.83. The number of rotatable bonds is 4. The fourth-order valence-electron chi connectivity index (χ4n) is 0.615. The summed E-state index contributed by atoms with van der Waals surface area (Å²) in [4.78, 5) is 0. The second kappa shape index (κ2) is 5.22. The molecule has 0 bridgehead atoms. The molecule has 1 rings (SSSR count). The standard InChI is InChI=1S/C8H11BrS2/c1-7(5-9)6-11-8-3-2-4-10-8/h2-4,7H,5-6H2,1H3. The minimum Gasteiger partial charge on any atom is -0.137 e. The first-order chi connectivity index (χ1) is 5.33. The molecule has 3 heteroatoms. The molecule has 0 spiro atoms. The molecule has 1 aromatic rings. The predicted octanol–water partition coefficient (Wildman–Crippen LogP) is 3.87. The Labute approximate surface area is 84.5 Å². The van der Waals surface area contributed by atoms with E-state index in [4.69, 9.17) is 0 Å². The van der Waals surface area contributed by atoms with Gasteiger partial charge >= 0.3 is 0 Å². The lowest BCUT2D eigenvalue weighted by Gasteiger charge is -2.03. The minimum atomic E-state index is 0.766. The average Bonchev–Trinajstić information content (AvgIpc) is 2.52. The van der Waals surface area contributed by atoms with Crippen LogP contribution in [0, 0.1) is 5.92 Å². The summed E-state index contributed by atoms with van der Waals surface area (Å²) >= 11 is 7.24. The topological polar surface area (TPSA) is 0 Å². The summed E-state index contributed by atoms with van der Waals surface area (Å²) in [6.45, 7) is 2.26. The van der Waals surface area contributed by atoms with Crippen LogP contribution in [0.25, 0.3) is 0 Å². The first-order valence-corrected chi connectivity index (χ1v) is 6.54. The summed E-state index contributed by atoms with van der Waals surface area (Å²) in [5, 5.41) is 3.23. The van der Waals surface area contributed by atoms with E-state index in [0.717, 1.165) is 11.2 Å². The summed E-state index contributed by atoms with van der Waals surface area (Å²) in [6.07, 6.45) is 0. The first-order valence-electron chi connectivity index (χ1n) is 3.55. The molecule has 0 saturated carbocycles. The van der Waals surface area contributed by atoms with E-state index in [1.165, 1.54) is 9.96 Å². The quantitative estimate of drug-likeness (QED) is 0.578. The molecule has 0 amide bonds. The third kappa shape index (κ3) is 3.63. The van der Waals surface area contributed by atoms with Crippen LogP contribution in [-0.4, -0.2) is 11.1 Å². The van der Waals surface area contributed by atoms with E-state index in [9.17, 15) is 0 Å². The number of thiophene rings is 1. The van der Waals surface area contributed by atoms with Gasteiger partial charge in [0.25, 0.3) is 0 Å². The molecular weight excluding hydrogens is 240 g/mol. The van der Waals surface area contributed by atoms with Gasteiger partial charge in [-0.05, 0) is 17.4 Å². The monoisotopic (exact) mass is 250 g/mol. The van der Waals surface area contributed by atoms with Crippen LogP contribution in [0.15, 0.2) is 21.7 Å². The summed E-state index contributed by atoms with van der Waals surface area (Å²) in [7, 11) is 0. The average molecular weight is 251 g/mol. The Balaban J connectivity index is 2.23. The van der Waals surface area contributed by atoms with Crippen molar-refractivity contribution >= 4 is 39.0 Å². The number of thioether (sulfide) groups is 1. The molecule has 1 heterocycles. The van der Waals surface area contributed by atoms with Crippen LogP contribution in [0.4, 0.5) is 0 Å². The SMILES string of the molecule is CC(CBr)CSc1cccs1. The van der Waals surface area contributed by atoms with Crippen LogP contribution in [0.3, 0.4) is 0 Å². The highest BCUT2D eigenvalue weighted by molar-refractivity contribution is 9.09. The highest BCUT2D eigenvalue weighted by Gasteiger charge is 2.00. The molecule has 11 heavy (non-hydrogen) atoms. The molecule has 0 aliphatic heterocycles. The van der Waals surface area contributed by atoms with E-state index in [-0.39, 0.29) is 0 Å². The molecule has 0 aliphatic carbocycles. The van der Waals surface area contributed by atoms with Crippen molar-refractivity contribution in [2.75, 3.05) is 11.1 Å². The van der Waals surface area contributed by atoms with Gasteiger partial charge in [-0.1, -0.05) is 28.9 Å². The van der Waals surface area contributed by atoms with Crippen molar-refractivity contribution < 1.29 is 0 Å². The first kappa shape index (κ1) is 9.62. The second-order valence-corrected chi connectivity index (χ2v) is 5.42. The fraction of sp³-hybridized carbons (Fsp3) is 0.500. The van der Waals surface area contributed by atoms with Gasteiger partial charge in [-0.3, -0.25) is 0 Å². The van der Waals surface area contributed by atoms with Crippen LogP contribution < -0.4 is 0 Å². The Morgan fingerprint density at radius 2 is 2.55 bits per heavy atom. The normalized spacial score (nSPS) is 13.3. The summed E-state index contributed by atoms with van der Waals surface area (Å²) in [6, 6.07) is 4.28. The lowest BCUT2D eigenvalue weighted by atomic mass is 10.3. The van der Waals surface area contributed by atoms with E-state index in [1.54, 1.807) is 0 Å². The van der Waals surface area contributed by atoms with Crippen molar-refractivity contribution in [3.05, 3.63) is 17.5 Å². The summed E-state index contributed by atoms with van der Waals surface area (Å²) in [5.41, 5.74) is 0. The predicted molar refractivity (Wildman–Crippen MR) is 58.0 cm³/mol. The van der Waals surface area contributed by atoms with Crippen LogP contribution in [0.2, 0.25) is 0 Å². The largest absolute Gasteiger partial charge is 0.137 e. The van der Waals surface area contributed by atoms with Gasteiger partial charge in [0.2, 0.25) is 0 Å². The third-order valence-electron chi connectivity index (χ3n) is 1.27. The Morgan fingerprint density at radius 1 is 1.73 bits per heavy atom. The van der Waals surface area contributed by atoms with Crippen molar-refractivity contribution in [3.63, 3.8) is 0 Å². The molecule has 0 fully saturated rings. The maximum absolute atomic E-state index is 3.47. The van der Waals surface area contributed by atoms with E-state index < -0.39 is 0 Å².